The van der Waals surface area contributed by atoms with E-state index in [4.69, 9.17) is 4.63 Å². The molecule has 0 saturated carbocycles. The summed E-state index contributed by atoms with van der Waals surface area (Å²) in [6.07, 6.45) is 2.29. The van der Waals surface area contributed by atoms with Crippen molar-refractivity contribution in [3.05, 3.63) is 65.7 Å². The monoisotopic (exact) mass is 369 g/mol. The predicted molar refractivity (Wildman–Crippen MR) is 107 cm³/mol. The van der Waals surface area contributed by atoms with Crippen LogP contribution in [0, 0.1) is 11.3 Å². The third kappa shape index (κ3) is 2.77. The molecule has 0 N–H and O–H groups in total. The van der Waals surface area contributed by atoms with Gasteiger partial charge in [0, 0.05) is 30.4 Å². The third-order valence-corrected chi connectivity index (χ3v) is 5.40. The van der Waals surface area contributed by atoms with Crippen LogP contribution in [0.25, 0.3) is 21.8 Å². The molecule has 0 unspecified atom stereocenters. The molecule has 0 spiro atoms. The van der Waals surface area contributed by atoms with E-state index in [9.17, 15) is 5.26 Å². The molecule has 0 aliphatic carbocycles. The van der Waals surface area contributed by atoms with Crippen molar-refractivity contribution in [3.63, 3.8) is 0 Å². The van der Waals surface area contributed by atoms with Gasteiger partial charge in [-0.25, -0.2) is 9.64 Å². The third-order valence-electron chi connectivity index (χ3n) is 5.40. The lowest BCUT2D eigenvalue weighted by Gasteiger charge is -2.41. The molecule has 1 aliphatic heterocycles. The summed E-state index contributed by atoms with van der Waals surface area (Å²) in [7, 11) is 0. The lowest BCUT2D eigenvalue weighted by Crippen LogP contribution is -2.47. The number of anilines is 1. The summed E-state index contributed by atoms with van der Waals surface area (Å²) >= 11 is 0. The maximum absolute atomic E-state index is 9.47. The van der Waals surface area contributed by atoms with Gasteiger partial charge in [-0.05, 0) is 46.9 Å². The van der Waals surface area contributed by atoms with E-state index in [1.807, 2.05) is 36.4 Å². The first-order chi connectivity index (χ1) is 13.8. The molecule has 0 amide bonds. The average molecular weight is 369 g/mol. The Morgan fingerprint density at radius 2 is 1.79 bits per heavy atom. The number of hydrogen-bond donors (Lipinski definition) is 0. The summed E-state index contributed by atoms with van der Waals surface area (Å²) in [6, 6.07) is 20.4. The SMILES string of the molecule is N#Cc1ccc(N2CCCCN2Cc2cccc3nonc23)c2ccccc12. The minimum atomic E-state index is 0.710. The summed E-state index contributed by atoms with van der Waals surface area (Å²) in [5.41, 5.74) is 4.55. The Bertz CT molecular complexity index is 1190. The molecule has 0 atom stereocenters. The second-order valence-corrected chi connectivity index (χ2v) is 7.06. The van der Waals surface area contributed by atoms with Gasteiger partial charge in [0.05, 0.1) is 17.3 Å². The summed E-state index contributed by atoms with van der Waals surface area (Å²) < 4.78 is 4.93. The van der Waals surface area contributed by atoms with E-state index in [0.717, 1.165) is 65.5 Å². The van der Waals surface area contributed by atoms with Crippen LogP contribution in [0.4, 0.5) is 5.69 Å². The van der Waals surface area contributed by atoms with Crippen LogP contribution < -0.4 is 5.01 Å². The van der Waals surface area contributed by atoms with Crippen molar-refractivity contribution in [3.8, 4) is 6.07 Å². The standard InChI is InChI=1S/C22H19N5O/c23-14-16-10-11-21(19-8-2-1-7-18(16)19)27-13-4-3-12-26(27)15-17-6-5-9-20-22(17)25-28-24-20/h1-2,5-11H,3-4,12-13,15H2. The Kier molecular flexibility index (Phi) is 4.15. The quantitative estimate of drug-likeness (QED) is 0.537. The Morgan fingerprint density at radius 3 is 2.68 bits per heavy atom. The highest BCUT2D eigenvalue weighted by Gasteiger charge is 2.23. The highest BCUT2D eigenvalue weighted by atomic mass is 16.6. The van der Waals surface area contributed by atoms with Gasteiger partial charge in [-0.2, -0.15) is 5.26 Å². The lowest BCUT2D eigenvalue weighted by molar-refractivity contribution is 0.205. The summed E-state index contributed by atoms with van der Waals surface area (Å²) in [5.74, 6) is 0. The van der Waals surface area contributed by atoms with Gasteiger partial charge < -0.3 is 5.01 Å². The van der Waals surface area contributed by atoms with E-state index in [-0.39, 0.29) is 0 Å². The van der Waals surface area contributed by atoms with E-state index in [1.54, 1.807) is 0 Å². The minimum absolute atomic E-state index is 0.710. The largest absolute Gasteiger partial charge is 0.305 e. The molecule has 1 saturated heterocycles. The first kappa shape index (κ1) is 16.7. The molecule has 0 radical (unpaired) electrons. The van der Waals surface area contributed by atoms with Gasteiger partial charge in [-0.15, -0.1) is 0 Å². The molecule has 6 nitrogen and oxygen atoms in total. The van der Waals surface area contributed by atoms with Gasteiger partial charge in [0.25, 0.3) is 0 Å². The van der Waals surface area contributed by atoms with Gasteiger partial charge >= 0.3 is 0 Å². The van der Waals surface area contributed by atoms with Crippen LogP contribution in [0.3, 0.4) is 0 Å². The number of nitrogens with zero attached hydrogens (tertiary/aromatic N) is 5. The number of rotatable bonds is 3. The number of fused-ring (bicyclic) bond motifs is 2. The maximum atomic E-state index is 9.47. The fraction of sp³-hybridized carbons (Fsp3) is 0.227. The molecular formula is C22H19N5O. The number of hydrazine groups is 1. The Hall–Kier alpha value is -3.43. The molecule has 28 heavy (non-hydrogen) atoms. The maximum Gasteiger partial charge on any atom is 0.139 e. The van der Waals surface area contributed by atoms with Crippen molar-refractivity contribution in [1.82, 2.24) is 15.3 Å². The van der Waals surface area contributed by atoms with Crippen LogP contribution >= 0.6 is 0 Å². The predicted octanol–water partition coefficient (Wildman–Crippen LogP) is 4.27. The fourth-order valence-electron chi connectivity index (χ4n) is 4.05. The molecule has 5 rings (SSSR count). The van der Waals surface area contributed by atoms with E-state index < -0.39 is 0 Å². The number of aromatic nitrogens is 2. The summed E-state index contributed by atoms with van der Waals surface area (Å²) in [5, 5.41) is 24.3. The van der Waals surface area contributed by atoms with Crippen LogP contribution in [0.2, 0.25) is 0 Å². The molecular weight excluding hydrogens is 350 g/mol. The van der Waals surface area contributed by atoms with E-state index in [2.05, 4.69) is 44.6 Å². The van der Waals surface area contributed by atoms with Crippen molar-refractivity contribution in [2.75, 3.05) is 18.1 Å². The zero-order chi connectivity index (χ0) is 18.9. The first-order valence-electron chi connectivity index (χ1n) is 9.49. The minimum Gasteiger partial charge on any atom is -0.305 e. The highest BCUT2D eigenvalue weighted by molar-refractivity contribution is 5.97. The topological polar surface area (TPSA) is 69.2 Å². The average Bonchev–Trinajstić information content (AvgIpc) is 3.23. The van der Waals surface area contributed by atoms with Crippen LogP contribution in [0.5, 0.6) is 0 Å². The molecule has 4 aromatic rings. The number of nitriles is 1. The van der Waals surface area contributed by atoms with Gasteiger partial charge in [-0.1, -0.05) is 36.4 Å². The highest BCUT2D eigenvalue weighted by Crippen LogP contribution is 2.32. The lowest BCUT2D eigenvalue weighted by atomic mass is 10.0. The normalized spacial score (nSPS) is 15.2. The zero-order valence-corrected chi connectivity index (χ0v) is 15.4. The molecule has 1 aliphatic rings. The second kappa shape index (κ2) is 6.95. The molecule has 3 aromatic carbocycles. The Morgan fingerprint density at radius 1 is 0.929 bits per heavy atom. The van der Waals surface area contributed by atoms with E-state index in [1.165, 1.54) is 0 Å². The van der Waals surface area contributed by atoms with Crippen molar-refractivity contribution < 1.29 is 4.63 Å². The van der Waals surface area contributed by atoms with Crippen molar-refractivity contribution in [2.45, 2.75) is 19.4 Å². The van der Waals surface area contributed by atoms with Crippen molar-refractivity contribution in [2.24, 2.45) is 0 Å². The van der Waals surface area contributed by atoms with Gasteiger partial charge in [0.15, 0.2) is 0 Å². The van der Waals surface area contributed by atoms with Crippen LogP contribution in [-0.4, -0.2) is 28.4 Å². The molecule has 1 aromatic heterocycles. The second-order valence-electron chi connectivity index (χ2n) is 7.06. The van der Waals surface area contributed by atoms with Crippen molar-refractivity contribution >= 4 is 27.5 Å². The molecule has 0 bridgehead atoms. The smallest absolute Gasteiger partial charge is 0.139 e. The van der Waals surface area contributed by atoms with E-state index in [0.29, 0.717) is 5.56 Å². The zero-order valence-electron chi connectivity index (χ0n) is 15.4. The van der Waals surface area contributed by atoms with Crippen LogP contribution in [0.1, 0.15) is 24.0 Å². The number of hydrogen-bond acceptors (Lipinski definition) is 6. The summed E-state index contributed by atoms with van der Waals surface area (Å²) in [4.78, 5) is 0. The first-order valence-corrected chi connectivity index (χ1v) is 9.49. The Labute approximate surface area is 162 Å². The van der Waals surface area contributed by atoms with Crippen LogP contribution in [-0.2, 0) is 6.54 Å². The summed E-state index contributed by atoms with van der Waals surface area (Å²) in [6.45, 7) is 2.65. The van der Waals surface area contributed by atoms with Gasteiger partial charge in [-0.3, -0.25) is 0 Å². The van der Waals surface area contributed by atoms with Gasteiger partial charge in [0.2, 0.25) is 0 Å². The van der Waals surface area contributed by atoms with Crippen molar-refractivity contribution in [1.29, 1.82) is 5.26 Å². The Balaban J connectivity index is 1.56. The van der Waals surface area contributed by atoms with Gasteiger partial charge in [0.1, 0.15) is 11.0 Å². The van der Waals surface area contributed by atoms with E-state index >= 15 is 0 Å². The molecule has 2 heterocycles. The number of benzene rings is 3. The molecule has 138 valence electrons. The molecule has 1 fully saturated rings. The molecule has 6 heteroatoms. The van der Waals surface area contributed by atoms with Crippen LogP contribution in [0.15, 0.2) is 59.2 Å². The fourth-order valence-corrected chi connectivity index (χ4v) is 4.05.